The zero-order valence-electron chi connectivity index (χ0n) is 14.9. The Labute approximate surface area is 160 Å². The third-order valence-corrected chi connectivity index (χ3v) is 5.26. The van der Waals surface area contributed by atoms with Gasteiger partial charge in [-0.15, -0.1) is 0 Å². The maximum atomic E-state index is 4.68. The second-order valence-electron chi connectivity index (χ2n) is 6.79. The van der Waals surface area contributed by atoms with Gasteiger partial charge >= 0.3 is 0 Å². The highest BCUT2D eigenvalue weighted by Crippen LogP contribution is 2.34. The molecule has 0 fully saturated rings. The van der Waals surface area contributed by atoms with E-state index in [0.29, 0.717) is 0 Å². The Morgan fingerprint density at radius 2 is 0.857 bits per heavy atom. The van der Waals surface area contributed by atoms with Crippen LogP contribution < -0.4 is 0 Å². The number of hydrogen-bond donors (Lipinski definition) is 0. The van der Waals surface area contributed by atoms with Crippen molar-refractivity contribution in [2.45, 2.75) is 0 Å². The molecule has 130 valence electrons. The van der Waals surface area contributed by atoms with Crippen LogP contribution in [0.25, 0.3) is 54.7 Å². The van der Waals surface area contributed by atoms with E-state index in [1.807, 2.05) is 73.3 Å². The predicted octanol–water partition coefficient (Wildman–Crippen LogP) is 5.55. The molecule has 0 amide bonds. The molecule has 6 aromatic rings. The lowest BCUT2D eigenvalue weighted by atomic mass is 10.0. The van der Waals surface area contributed by atoms with Crippen molar-refractivity contribution < 1.29 is 0 Å². The topological polar surface area (TPSA) is 51.6 Å². The molecule has 0 unspecified atom stereocenters. The Morgan fingerprint density at radius 3 is 1.36 bits per heavy atom. The minimum atomic E-state index is 0.832. The van der Waals surface area contributed by atoms with E-state index < -0.39 is 0 Å². The van der Waals surface area contributed by atoms with Gasteiger partial charge in [-0.25, -0.2) is 0 Å². The summed E-state index contributed by atoms with van der Waals surface area (Å²) in [6.07, 6.45) is 7.49. The van der Waals surface area contributed by atoms with E-state index in [4.69, 9.17) is 0 Å². The first-order valence-electron chi connectivity index (χ1n) is 9.15. The summed E-state index contributed by atoms with van der Waals surface area (Å²) in [5, 5.41) is 6.48. The molecule has 4 aromatic heterocycles. The summed E-state index contributed by atoms with van der Waals surface area (Å²) in [5.41, 5.74) is 3.62. The van der Waals surface area contributed by atoms with Gasteiger partial charge in [0.25, 0.3) is 0 Å². The zero-order valence-corrected chi connectivity index (χ0v) is 14.9. The number of nitrogens with zero attached hydrogens (tertiary/aromatic N) is 4. The molecule has 0 radical (unpaired) electrons. The van der Waals surface area contributed by atoms with Crippen molar-refractivity contribution in [2.75, 3.05) is 0 Å². The fourth-order valence-corrected chi connectivity index (χ4v) is 3.95. The molecule has 0 aliphatic carbocycles. The molecule has 0 saturated carbocycles. The van der Waals surface area contributed by atoms with Gasteiger partial charge in [0.05, 0.1) is 22.4 Å². The second-order valence-corrected chi connectivity index (χ2v) is 6.79. The molecule has 0 N–H and O–H groups in total. The van der Waals surface area contributed by atoms with Crippen LogP contribution in [0.1, 0.15) is 0 Å². The standard InChI is InChI=1S/C24H14N4/c1-3-7-21-17(5-1)15-9-11-25-23(19(15)13-27-21)24-20-14-28-22-8-4-2-6-18(22)16(20)10-12-26-24/h1-14H. The molecule has 0 aliphatic heterocycles. The summed E-state index contributed by atoms with van der Waals surface area (Å²) in [7, 11) is 0. The number of rotatable bonds is 1. The zero-order chi connectivity index (χ0) is 18.5. The van der Waals surface area contributed by atoms with Crippen LogP contribution in [0.15, 0.2) is 85.5 Å². The Morgan fingerprint density at radius 1 is 0.393 bits per heavy atom. The number of hydrogen-bond acceptors (Lipinski definition) is 4. The van der Waals surface area contributed by atoms with Crippen LogP contribution >= 0.6 is 0 Å². The highest BCUT2D eigenvalue weighted by Gasteiger charge is 2.14. The van der Waals surface area contributed by atoms with Crippen LogP contribution in [0.3, 0.4) is 0 Å². The van der Waals surface area contributed by atoms with Gasteiger partial charge in [0.15, 0.2) is 0 Å². The van der Waals surface area contributed by atoms with Crippen molar-refractivity contribution in [1.82, 2.24) is 19.9 Å². The van der Waals surface area contributed by atoms with Crippen LogP contribution in [0.2, 0.25) is 0 Å². The fraction of sp³-hybridized carbons (Fsp3) is 0. The Bertz CT molecular complexity index is 1400. The minimum Gasteiger partial charge on any atom is -0.256 e. The van der Waals surface area contributed by atoms with Gasteiger partial charge in [-0.3, -0.25) is 19.9 Å². The molecule has 0 bridgehead atoms. The fourth-order valence-electron chi connectivity index (χ4n) is 3.95. The molecule has 0 saturated heterocycles. The lowest BCUT2D eigenvalue weighted by molar-refractivity contribution is 1.28. The monoisotopic (exact) mass is 358 g/mol. The third-order valence-electron chi connectivity index (χ3n) is 5.26. The largest absolute Gasteiger partial charge is 0.256 e. The molecule has 0 atom stereocenters. The van der Waals surface area contributed by atoms with Crippen molar-refractivity contribution in [3.05, 3.63) is 85.5 Å². The van der Waals surface area contributed by atoms with E-state index in [1.165, 1.54) is 0 Å². The average Bonchev–Trinajstić information content (AvgIpc) is 2.78. The van der Waals surface area contributed by atoms with Crippen LogP contribution in [0.5, 0.6) is 0 Å². The van der Waals surface area contributed by atoms with Crippen molar-refractivity contribution in [3.63, 3.8) is 0 Å². The lowest BCUT2D eigenvalue weighted by Crippen LogP contribution is -1.93. The van der Waals surface area contributed by atoms with Crippen LogP contribution in [0, 0.1) is 0 Å². The molecule has 0 spiro atoms. The van der Waals surface area contributed by atoms with Crippen LogP contribution in [-0.2, 0) is 0 Å². The van der Waals surface area contributed by atoms with Crippen LogP contribution in [-0.4, -0.2) is 19.9 Å². The first-order valence-corrected chi connectivity index (χ1v) is 9.15. The summed E-state index contributed by atoms with van der Waals surface area (Å²) < 4.78 is 0. The molecule has 0 aliphatic rings. The minimum absolute atomic E-state index is 0.832. The van der Waals surface area contributed by atoms with E-state index >= 15 is 0 Å². The molecular formula is C24H14N4. The van der Waals surface area contributed by atoms with Gasteiger partial charge in [-0.05, 0) is 35.0 Å². The number of fused-ring (bicyclic) bond motifs is 6. The predicted molar refractivity (Wildman–Crippen MR) is 113 cm³/mol. The number of benzene rings is 2. The molecule has 28 heavy (non-hydrogen) atoms. The Hall–Kier alpha value is -3.92. The Balaban J connectivity index is 1.73. The molecule has 6 rings (SSSR count). The second kappa shape index (κ2) is 5.79. The highest BCUT2D eigenvalue weighted by atomic mass is 14.8. The smallest absolute Gasteiger partial charge is 0.0987 e. The van der Waals surface area contributed by atoms with Gasteiger partial charge in [0, 0.05) is 46.3 Å². The van der Waals surface area contributed by atoms with Gasteiger partial charge in [-0.2, -0.15) is 0 Å². The van der Waals surface area contributed by atoms with Gasteiger partial charge < -0.3 is 0 Å². The van der Waals surface area contributed by atoms with E-state index in [-0.39, 0.29) is 0 Å². The molecule has 2 aromatic carbocycles. The summed E-state index contributed by atoms with van der Waals surface area (Å²) in [6.45, 7) is 0. The van der Waals surface area contributed by atoms with Gasteiger partial charge in [0.1, 0.15) is 0 Å². The average molecular weight is 358 g/mol. The highest BCUT2D eigenvalue weighted by molar-refractivity contribution is 6.14. The van der Waals surface area contributed by atoms with Crippen molar-refractivity contribution in [1.29, 1.82) is 0 Å². The van der Waals surface area contributed by atoms with E-state index in [0.717, 1.165) is 54.7 Å². The molecule has 4 heterocycles. The summed E-state index contributed by atoms with van der Waals surface area (Å²) in [4.78, 5) is 18.7. The van der Waals surface area contributed by atoms with Crippen molar-refractivity contribution >= 4 is 43.4 Å². The maximum Gasteiger partial charge on any atom is 0.0987 e. The SMILES string of the molecule is c1ccc2c(c1)ncc1c(-c3nccc4c3cnc3ccccc34)nccc12. The van der Waals surface area contributed by atoms with Gasteiger partial charge in [-0.1, -0.05) is 36.4 Å². The normalized spacial score (nSPS) is 11.6. The molecular weight excluding hydrogens is 344 g/mol. The number of para-hydroxylation sites is 2. The van der Waals surface area contributed by atoms with Gasteiger partial charge in [0.2, 0.25) is 0 Å². The summed E-state index contributed by atoms with van der Waals surface area (Å²) in [6, 6.07) is 20.4. The van der Waals surface area contributed by atoms with E-state index in [9.17, 15) is 0 Å². The summed E-state index contributed by atoms with van der Waals surface area (Å²) in [5.74, 6) is 0. The molecule has 4 nitrogen and oxygen atoms in total. The number of aromatic nitrogens is 4. The lowest BCUT2D eigenvalue weighted by Gasteiger charge is -2.10. The van der Waals surface area contributed by atoms with Crippen molar-refractivity contribution in [2.24, 2.45) is 0 Å². The quantitative estimate of drug-likeness (QED) is 0.362. The van der Waals surface area contributed by atoms with Crippen LogP contribution in [0.4, 0.5) is 0 Å². The molecule has 4 heteroatoms. The first-order chi connectivity index (χ1) is 13.9. The van der Waals surface area contributed by atoms with Crippen molar-refractivity contribution in [3.8, 4) is 11.4 Å². The third kappa shape index (κ3) is 2.12. The Kier molecular flexibility index (Phi) is 3.14. The van der Waals surface area contributed by atoms with E-state index in [2.05, 4.69) is 32.1 Å². The maximum absolute atomic E-state index is 4.68. The first kappa shape index (κ1) is 15.2. The van der Waals surface area contributed by atoms with E-state index in [1.54, 1.807) is 0 Å². The summed E-state index contributed by atoms with van der Waals surface area (Å²) >= 11 is 0. The number of pyridine rings is 4.